The highest BCUT2D eigenvalue weighted by Crippen LogP contribution is 2.19. The summed E-state index contributed by atoms with van der Waals surface area (Å²) in [6, 6.07) is 0. The quantitative estimate of drug-likeness (QED) is 0.623. The van der Waals surface area contributed by atoms with Crippen molar-refractivity contribution < 1.29 is 0 Å². The smallest absolute Gasteiger partial charge is 0.00513 e. The van der Waals surface area contributed by atoms with E-state index in [1.54, 1.807) is 6.08 Å². The number of hydrogen-bond donors (Lipinski definition) is 1. The summed E-state index contributed by atoms with van der Waals surface area (Å²) in [6.07, 6.45) is 6.83. The molecule has 0 saturated carbocycles. The van der Waals surface area contributed by atoms with Crippen molar-refractivity contribution in [3.8, 4) is 0 Å². The van der Waals surface area contributed by atoms with Crippen LogP contribution >= 0.6 is 0 Å². The van der Waals surface area contributed by atoms with Gasteiger partial charge in [0.25, 0.3) is 0 Å². The molecule has 1 nitrogen and oxygen atoms in total. The summed E-state index contributed by atoms with van der Waals surface area (Å²) in [6.45, 7) is 12.6. The van der Waals surface area contributed by atoms with Gasteiger partial charge in [0, 0.05) is 0 Å². The Hall–Kier alpha value is -0.820. The summed E-state index contributed by atoms with van der Waals surface area (Å²) < 4.78 is 0. The van der Waals surface area contributed by atoms with Crippen LogP contribution < -0.4 is 5.73 Å². The molecule has 0 spiro atoms. The standard InChI is InChI=1S/C12H21N/c1-5-7-12(6-2)11(4)8-10(3)9-13/h5-7,10-11H,1-2,8-9,13H2,3-4H3/b12-7+. The molecule has 2 atom stereocenters. The van der Waals surface area contributed by atoms with Crippen molar-refractivity contribution >= 4 is 0 Å². The maximum absolute atomic E-state index is 5.57. The van der Waals surface area contributed by atoms with E-state index in [1.807, 2.05) is 12.2 Å². The van der Waals surface area contributed by atoms with Crippen LogP contribution in [-0.4, -0.2) is 6.54 Å². The molecule has 0 rings (SSSR count). The first-order valence-electron chi connectivity index (χ1n) is 4.80. The zero-order valence-electron chi connectivity index (χ0n) is 8.79. The van der Waals surface area contributed by atoms with Gasteiger partial charge in [-0.1, -0.05) is 45.2 Å². The van der Waals surface area contributed by atoms with Crippen LogP contribution in [0.2, 0.25) is 0 Å². The average molecular weight is 179 g/mol. The second-order valence-corrected chi connectivity index (χ2v) is 3.58. The van der Waals surface area contributed by atoms with Gasteiger partial charge in [0.2, 0.25) is 0 Å². The largest absolute Gasteiger partial charge is 0.330 e. The van der Waals surface area contributed by atoms with Gasteiger partial charge in [-0.05, 0) is 30.4 Å². The first kappa shape index (κ1) is 12.2. The topological polar surface area (TPSA) is 26.0 Å². The first-order valence-corrected chi connectivity index (χ1v) is 4.80. The Morgan fingerprint density at radius 3 is 2.38 bits per heavy atom. The monoisotopic (exact) mass is 179 g/mol. The Labute approximate surface area is 82.0 Å². The average Bonchev–Trinajstić information content (AvgIpc) is 2.13. The number of rotatable bonds is 6. The molecule has 0 aliphatic carbocycles. The van der Waals surface area contributed by atoms with Gasteiger partial charge in [-0.3, -0.25) is 0 Å². The van der Waals surface area contributed by atoms with Crippen molar-refractivity contribution in [1.29, 1.82) is 0 Å². The van der Waals surface area contributed by atoms with Gasteiger partial charge in [-0.2, -0.15) is 0 Å². The molecule has 74 valence electrons. The molecule has 0 heterocycles. The maximum Gasteiger partial charge on any atom is -0.00513 e. The minimum Gasteiger partial charge on any atom is -0.330 e. The first-order chi connectivity index (χ1) is 6.15. The van der Waals surface area contributed by atoms with Gasteiger partial charge in [-0.15, -0.1) is 0 Å². The maximum atomic E-state index is 5.57. The molecular weight excluding hydrogens is 158 g/mol. The molecule has 0 amide bonds. The molecule has 1 heteroatoms. The second-order valence-electron chi connectivity index (χ2n) is 3.58. The summed E-state index contributed by atoms with van der Waals surface area (Å²) in [4.78, 5) is 0. The van der Waals surface area contributed by atoms with Crippen molar-refractivity contribution in [1.82, 2.24) is 0 Å². The lowest BCUT2D eigenvalue weighted by Crippen LogP contribution is -2.14. The van der Waals surface area contributed by atoms with Crippen molar-refractivity contribution in [3.63, 3.8) is 0 Å². The van der Waals surface area contributed by atoms with Gasteiger partial charge in [-0.25, -0.2) is 0 Å². The third-order valence-corrected chi connectivity index (χ3v) is 2.27. The second kappa shape index (κ2) is 6.67. The zero-order chi connectivity index (χ0) is 10.3. The molecule has 0 fully saturated rings. The molecular formula is C12H21N. The highest BCUT2D eigenvalue weighted by Gasteiger charge is 2.09. The van der Waals surface area contributed by atoms with Crippen LogP contribution in [0.5, 0.6) is 0 Å². The highest BCUT2D eigenvalue weighted by molar-refractivity contribution is 5.23. The molecule has 13 heavy (non-hydrogen) atoms. The van der Waals surface area contributed by atoms with Gasteiger partial charge in [0.15, 0.2) is 0 Å². The van der Waals surface area contributed by atoms with Gasteiger partial charge >= 0.3 is 0 Å². The Morgan fingerprint density at radius 2 is 2.00 bits per heavy atom. The van der Waals surface area contributed by atoms with E-state index in [0.717, 1.165) is 13.0 Å². The summed E-state index contributed by atoms with van der Waals surface area (Å²) in [5.74, 6) is 1.09. The Morgan fingerprint density at radius 1 is 1.38 bits per heavy atom. The van der Waals surface area contributed by atoms with Crippen LogP contribution in [0, 0.1) is 11.8 Å². The highest BCUT2D eigenvalue weighted by atomic mass is 14.5. The molecule has 0 aromatic carbocycles. The Bertz CT molecular complexity index is 191. The number of hydrogen-bond acceptors (Lipinski definition) is 1. The normalized spacial score (nSPS) is 16.4. The SMILES string of the molecule is C=C/C=C(\C=C)C(C)CC(C)CN. The van der Waals surface area contributed by atoms with E-state index in [2.05, 4.69) is 27.0 Å². The molecule has 0 aliphatic heterocycles. The van der Waals surface area contributed by atoms with Gasteiger partial charge < -0.3 is 5.73 Å². The molecule has 0 saturated heterocycles. The Balaban J connectivity index is 4.21. The third-order valence-electron chi connectivity index (χ3n) is 2.27. The van der Waals surface area contributed by atoms with Crippen molar-refractivity contribution in [2.24, 2.45) is 17.6 Å². The molecule has 0 aromatic rings. The molecule has 0 aromatic heterocycles. The zero-order valence-corrected chi connectivity index (χ0v) is 8.79. The van der Waals surface area contributed by atoms with E-state index in [9.17, 15) is 0 Å². The minimum atomic E-state index is 0.522. The lowest BCUT2D eigenvalue weighted by molar-refractivity contribution is 0.466. The van der Waals surface area contributed by atoms with E-state index in [4.69, 9.17) is 5.73 Å². The lowest BCUT2D eigenvalue weighted by atomic mass is 9.90. The van der Waals surface area contributed by atoms with E-state index in [1.165, 1.54) is 5.57 Å². The summed E-state index contributed by atoms with van der Waals surface area (Å²) in [5.41, 5.74) is 6.82. The molecule has 2 unspecified atom stereocenters. The molecule has 2 N–H and O–H groups in total. The van der Waals surface area contributed by atoms with Crippen LogP contribution in [0.4, 0.5) is 0 Å². The molecule has 0 aliphatic rings. The molecule has 0 bridgehead atoms. The van der Waals surface area contributed by atoms with Crippen LogP contribution in [0.3, 0.4) is 0 Å². The van der Waals surface area contributed by atoms with Crippen LogP contribution in [0.1, 0.15) is 20.3 Å². The third kappa shape index (κ3) is 4.69. The number of allylic oxidation sites excluding steroid dienone is 4. The van der Waals surface area contributed by atoms with Crippen LogP contribution in [0.25, 0.3) is 0 Å². The summed E-state index contributed by atoms with van der Waals surface area (Å²) >= 11 is 0. The van der Waals surface area contributed by atoms with Crippen LogP contribution in [-0.2, 0) is 0 Å². The fourth-order valence-corrected chi connectivity index (χ4v) is 1.41. The van der Waals surface area contributed by atoms with Crippen LogP contribution in [0.15, 0.2) is 37.0 Å². The fraction of sp³-hybridized carbons (Fsp3) is 0.500. The van der Waals surface area contributed by atoms with Crippen molar-refractivity contribution in [2.75, 3.05) is 6.54 Å². The van der Waals surface area contributed by atoms with Gasteiger partial charge in [0.05, 0.1) is 0 Å². The molecule has 0 radical (unpaired) electrons. The van der Waals surface area contributed by atoms with Crippen molar-refractivity contribution in [2.45, 2.75) is 20.3 Å². The minimum absolute atomic E-state index is 0.522. The lowest BCUT2D eigenvalue weighted by Gasteiger charge is -2.16. The summed E-state index contributed by atoms with van der Waals surface area (Å²) in [5, 5.41) is 0. The van der Waals surface area contributed by atoms with E-state index in [-0.39, 0.29) is 0 Å². The van der Waals surface area contributed by atoms with Gasteiger partial charge in [0.1, 0.15) is 0 Å². The Kier molecular flexibility index (Phi) is 6.25. The summed E-state index contributed by atoms with van der Waals surface area (Å²) in [7, 11) is 0. The van der Waals surface area contributed by atoms with Crippen molar-refractivity contribution in [3.05, 3.63) is 37.0 Å². The van der Waals surface area contributed by atoms with E-state index < -0.39 is 0 Å². The van der Waals surface area contributed by atoms with E-state index in [0.29, 0.717) is 11.8 Å². The number of nitrogens with two attached hydrogens (primary N) is 1. The predicted molar refractivity (Wildman–Crippen MR) is 60.5 cm³/mol. The fourth-order valence-electron chi connectivity index (χ4n) is 1.41. The van der Waals surface area contributed by atoms with E-state index >= 15 is 0 Å². The predicted octanol–water partition coefficient (Wildman–Crippen LogP) is 2.91.